The molecule has 8 nitrogen and oxygen atoms in total. The van der Waals surface area contributed by atoms with Gasteiger partial charge in [-0.25, -0.2) is 9.78 Å². The molecule has 196 valence electrons. The Hall–Kier alpha value is -3.39. The van der Waals surface area contributed by atoms with E-state index in [4.69, 9.17) is 9.72 Å². The summed E-state index contributed by atoms with van der Waals surface area (Å²) in [5.74, 6) is -0.640. The molecule has 2 aliphatic rings. The van der Waals surface area contributed by atoms with Crippen molar-refractivity contribution in [3.63, 3.8) is 0 Å². The number of fused-ring (bicyclic) bond motifs is 3. The lowest BCUT2D eigenvalue weighted by Crippen LogP contribution is -2.42. The van der Waals surface area contributed by atoms with Crippen LogP contribution in [0.25, 0.3) is 11.0 Å². The molecule has 4 atom stereocenters. The van der Waals surface area contributed by atoms with E-state index in [0.29, 0.717) is 0 Å². The number of aryl methyl sites for hydroxylation is 1. The van der Waals surface area contributed by atoms with Crippen LogP contribution in [0.15, 0.2) is 42.5 Å². The predicted octanol–water partition coefficient (Wildman–Crippen LogP) is 5.08. The molecule has 1 saturated carbocycles. The Labute approximate surface area is 216 Å². The minimum absolute atomic E-state index is 0.0112. The second-order valence-electron chi connectivity index (χ2n) is 10.4. The van der Waals surface area contributed by atoms with E-state index in [1.54, 1.807) is 4.90 Å². The zero-order valence-electron chi connectivity index (χ0n) is 21.5. The van der Waals surface area contributed by atoms with Crippen molar-refractivity contribution in [1.82, 2.24) is 9.55 Å². The highest BCUT2D eigenvalue weighted by molar-refractivity contribution is 5.95. The summed E-state index contributed by atoms with van der Waals surface area (Å²) in [6.45, 7) is 2.17. The number of aliphatic hydroxyl groups excluding tert-OH is 1. The van der Waals surface area contributed by atoms with Crippen molar-refractivity contribution < 1.29 is 24.5 Å². The zero-order chi connectivity index (χ0) is 26.1. The summed E-state index contributed by atoms with van der Waals surface area (Å²) in [6, 6.07) is 13.4. The number of imidazole rings is 1. The van der Waals surface area contributed by atoms with E-state index in [1.165, 1.54) is 7.11 Å². The van der Waals surface area contributed by atoms with Gasteiger partial charge in [-0.15, -0.1) is 0 Å². The molecule has 2 N–H and O–H groups in total. The summed E-state index contributed by atoms with van der Waals surface area (Å²) in [6.07, 6.45) is 5.25. The first-order chi connectivity index (χ1) is 17.9. The van der Waals surface area contributed by atoms with Gasteiger partial charge in [-0.1, -0.05) is 36.8 Å². The number of methoxy groups -OCH3 is 1. The molecule has 3 aromatic rings. The Morgan fingerprint density at radius 2 is 1.92 bits per heavy atom. The van der Waals surface area contributed by atoms with Gasteiger partial charge in [0.25, 0.3) is 0 Å². The van der Waals surface area contributed by atoms with Crippen LogP contribution >= 0.6 is 0 Å². The van der Waals surface area contributed by atoms with Crippen molar-refractivity contribution in [2.75, 3.05) is 18.6 Å². The van der Waals surface area contributed by atoms with Gasteiger partial charge in [0.1, 0.15) is 5.82 Å². The predicted molar refractivity (Wildman–Crippen MR) is 141 cm³/mol. The summed E-state index contributed by atoms with van der Waals surface area (Å²) in [5.41, 5.74) is 4.36. The summed E-state index contributed by atoms with van der Waals surface area (Å²) < 4.78 is 7.31. The van der Waals surface area contributed by atoms with Crippen LogP contribution < -0.4 is 4.90 Å². The lowest BCUT2D eigenvalue weighted by molar-refractivity contribution is -0.138. The minimum atomic E-state index is -0.880. The number of carbonyl (C=O) groups is 2. The summed E-state index contributed by atoms with van der Waals surface area (Å²) in [7, 11) is 1.39. The minimum Gasteiger partial charge on any atom is -0.481 e. The first-order valence-corrected chi connectivity index (χ1v) is 13.2. The van der Waals surface area contributed by atoms with Gasteiger partial charge in [0.05, 0.1) is 29.7 Å². The van der Waals surface area contributed by atoms with Crippen LogP contribution in [0, 0.1) is 5.92 Å². The van der Waals surface area contributed by atoms with Gasteiger partial charge in [0, 0.05) is 30.7 Å². The first kappa shape index (κ1) is 25.3. The number of rotatable bonds is 6. The van der Waals surface area contributed by atoms with E-state index >= 15 is 0 Å². The quantitative estimate of drug-likeness (QED) is 0.484. The number of carbonyl (C=O) groups excluding carboxylic acids is 1. The number of hydrogen-bond donors (Lipinski definition) is 2. The zero-order valence-corrected chi connectivity index (χ0v) is 21.5. The highest BCUT2D eigenvalue weighted by Gasteiger charge is 2.34. The number of amides is 1. The molecule has 2 aromatic carbocycles. The maximum atomic E-state index is 12.6. The molecular formula is C29H35N3O5. The van der Waals surface area contributed by atoms with E-state index in [9.17, 15) is 19.8 Å². The van der Waals surface area contributed by atoms with Gasteiger partial charge in [-0.2, -0.15) is 0 Å². The molecule has 0 radical (unpaired) electrons. The van der Waals surface area contributed by atoms with Crippen molar-refractivity contribution in [3.05, 3.63) is 59.4 Å². The third-order valence-corrected chi connectivity index (χ3v) is 8.16. The molecule has 0 spiro atoms. The van der Waals surface area contributed by atoms with Gasteiger partial charge in [0.2, 0.25) is 0 Å². The van der Waals surface area contributed by atoms with E-state index in [0.717, 1.165) is 72.2 Å². The fourth-order valence-electron chi connectivity index (χ4n) is 6.25. The smallest absolute Gasteiger partial charge is 0.414 e. The van der Waals surface area contributed by atoms with Crippen molar-refractivity contribution in [2.45, 2.75) is 69.9 Å². The standard InChI is InChI=1S/C29H35N3O5/c1-18-11-12-22-24(31(18)29(36)37-2)13-14-25-27(22)30-26(32(25)21-10-6-7-19(15-21)17-33)16-23(28(34)35)20-8-4-3-5-9-20/h3-5,8-9,13-14,18-19,21,23,33H,6-7,10-12,15-17H2,1-2H3,(H,34,35)/t18-,19?,21?,23+/m0/s1. The van der Waals surface area contributed by atoms with Crippen molar-refractivity contribution in [3.8, 4) is 0 Å². The van der Waals surface area contributed by atoms with Crippen LogP contribution in [0.5, 0.6) is 0 Å². The normalized spacial score (nSPS) is 22.5. The maximum Gasteiger partial charge on any atom is 0.414 e. The van der Waals surface area contributed by atoms with E-state index in [-0.39, 0.29) is 37.1 Å². The molecule has 8 heteroatoms. The van der Waals surface area contributed by atoms with E-state index in [2.05, 4.69) is 4.57 Å². The molecule has 37 heavy (non-hydrogen) atoms. The fourth-order valence-corrected chi connectivity index (χ4v) is 6.25. The molecule has 1 aliphatic heterocycles. The van der Waals surface area contributed by atoms with Crippen molar-refractivity contribution in [1.29, 1.82) is 0 Å². The molecule has 1 fully saturated rings. The Morgan fingerprint density at radius 3 is 2.62 bits per heavy atom. The van der Waals surface area contributed by atoms with Crippen LogP contribution in [0.3, 0.4) is 0 Å². The number of benzene rings is 2. The molecule has 1 aliphatic carbocycles. The summed E-state index contributed by atoms with van der Waals surface area (Å²) in [4.78, 5) is 31.8. The number of aliphatic hydroxyl groups is 1. The van der Waals surface area contributed by atoms with Gasteiger partial charge < -0.3 is 19.5 Å². The Bertz CT molecular complexity index is 1290. The van der Waals surface area contributed by atoms with Gasteiger partial charge in [0.15, 0.2) is 0 Å². The molecule has 0 saturated heterocycles. The lowest BCUT2D eigenvalue weighted by atomic mass is 9.85. The number of carboxylic acids is 1. The number of aromatic nitrogens is 2. The number of ether oxygens (including phenoxy) is 1. The third-order valence-electron chi connectivity index (χ3n) is 8.16. The number of nitrogens with zero attached hydrogens (tertiary/aromatic N) is 3. The second-order valence-corrected chi connectivity index (χ2v) is 10.4. The lowest BCUT2D eigenvalue weighted by Gasteiger charge is -2.34. The topological polar surface area (TPSA) is 105 Å². The summed E-state index contributed by atoms with van der Waals surface area (Å²) in [5, 5.41) is 20.1. The largest absolute Gasteiger partial charge is 0.481 e. The number of aliphatic carboxylic acids is 1. The van der Waals surface area contributed by atoms with E-state index < -0.39 is 11.9 Å². The highest BCUT2D eigenvalue weighted by atomic mass is 16.5. The van der Waals surface area contributed by atoms with Crippen LogP contribution in [0.4, 0.5) is 10.5 Å². The molecule has 5 rings (SSSR count). The molecule has 1 aromatic heterocycles. The molecule has 2 heterocycles. The average Bonchev–Trinajstić information content (AvgIpc) is 3.30. The third kappa shape index (κ3) is 4.70. The molecule has 0 bridgehead atoms. The number of anilines is 1. The van der Waals surface area contributed by atoms with Crippen LogP contribution in [0.2, 0.25) is 0 Å². The van der Waals surface area contributed by atoms with Crippen molar-refractivity contribution >= 4 is 28.8 Å². The van der Waals surface area contributed by atoms with Gasteiger partial charge in [-0.3, -0.25) is 9.69 Å². The average molecular weight is 506 g/mol. The fraction of sp³-hybridized carbons (Fsp3) is 0.483. The molecule has 1 amide bonds. The Balaban J connectivity index is 1.66. The van der Waals surface area contributed by atoms with Crippen LogP contribution in [-0.4, -0.2) is 51.6 Å². The highest BCUT2D eigenvalue weighted by Crippen LogP contribution is 2.41. The number of hydrogen-bond acceptors (Lipinski definition) is 5. The second kappa shape index (κ2) is 10.5. The number of carboxylic acid groups (broad SMARTS) is 1. The Morgan fingerprint density at radius 1 is 1.14 bits per heavy atom. The van der Waals surface area contributed by atoms with Crippen LogP contribution in [0.1, 0.15) is 67.9 Å². The van der Waals surface area contributed by atoms with Crippen molar-refractivity contribution in [2.24, 2.45) is 5.92 Å². The maximum absolute atomic E-state index is 12.6. The first-order valence-electron chi connectivity index (χ1n) is 13.2. The SMILES string of the molecule is COC(=O)N1c2ccc3c(nc(C[C@@H](C(=O)O)c4ccccc4)n3C3CCCC(CO)C3)c2CC[C@@H]1C. The van der Waals surface area contributed by atoms with Gasteiger partial charge in [-0.05, 0) is 62.6 Å². The monoisotopic (exact) mass is 505 g/mol. The molecular weight excluding hydrogens is 470 g/mol. The Kier molecular flexibility index (Phi) is 7.20. The van der Waals surface area contributed by atoms with Crippen LogP contribution in [-0.2, 0) is 22.4 Å². The molecule has 2 unspecified atom stereocenters. The van der Waals surface area contributed by atoms with Gasteiger partial charge >= 0.3 is 12.1 Å². The van der Waals surface area contributed by atoms with E-state index in [1.807, 2.05) is 49.4 Å². The summed E-state index contributed by atoms with van der Waals surface area (Å²) >= 11 is 0.